The summed E-state index contributed by atoms with van der Waals surface area (Å²) in [4.78, 5) is 49.1. The fraction of sp³-hybridized carbons (Fsp3) is 0.453. The summed E-state index contributed by atoms with van der Waals surface area (Å²) in [5, 5.41) is 48.4. The van der Waals surface area contributed by atoms with Crippen molar-refractivity contribution in [3.05, 3.63) is 121 Å². The largest absolute Gasteiger partial charge is 0.416 e. The third kappa shape index (κ3) is 11.7. The number of hydrogen-bond acceptors (Lipinski definition) is 15. The number of likely N-dealkylation sites (tertiary alicyclic amines) is 2. The van der Waals surface area contributed by atoms with Crippen molar-refractivity contribution in [3.8, 4) is 5.69 Å². The molecule has 76 heavy (non-hydrogen) atoms. The number of alkyl halides is 3. The zero-order valence-electron chi connectivity index (χ0n) is 41.9. The van der Waals surface area contributed by atoms with E-state index in [4.69, 9.17) is 11.5 Å². The minimum absolute atomic E-state index is 0.0686. The number of nitrogens with zero attached hydrogens (tertiary/aromatic N) is 12. The molecule has 4 aliphatic rings. The fourth-order valence-corrected chi connectivity index (χ4v) is 10.6. The lowest BCUT2D eigenvalue weighted by Gasteiger charge is -2.42. The summed E-state index contributed by atoms with van der Waals surface area (Å²) in [7, 11) is 0. The summed E-state index contributed by atoms with van der Waals surface area (Å²) in [5.41, 5.74) is 13.1. The maximum Gasteiger partial charge on any atom is 0.416 e. The van der Waals surface area contributed by atoms with Crippen LogP contribution < -0.4 is 21.3 Å². The summed E-state index contributed by atoms with van der Waals surface area (Å²) in [6, 6.07) is 19.3. The number of anilines is 2. The predicted molar refractivity (Wildman–Crippen MR) is 275 cm³/mol. The third-order valence-corrected chi connectivity index (χ3v) is 15.1. The number of primary amides is 2. The van der Waals surface area contributed by atoms with Gasteiger partial charge < -0.3 is 50.8 Å². The second kappa shape index (κ2) is 21.9. The van der Waals surface area contributed by atoms with E-state index >= 15 is 0 Å². The van der Waals surface area contributed by atoms with Crippen molar-refractivity contribution >= 4 is 45.5 Å². The lowest BCUT2D eigenvalue weighted by Crippen LogP contribution is -2.58. The van der Waals surface area contributed by atoms with Crippen LogP contribution in [-0.2, 0) is 41.9 Å². The number of aliphatic hydroxyl groups excluding tert-OH is 3. The molecule has 2 aliphatic carbocycles. The molecule has 0 bridgehead atoms. The van der Waals surface area contributed by atoms with Gasteiger partial charge in [-0.15, -0.1) is 0 Å². The predicted octanol–water partition coefficient (Wildman–Crippen LogP) is 3.22. The fourth-order valence-electron chi connectivity index (χ4n) is 10.6. The first-order chi connectivity index (χ1) is 36.5. The van der Waals surface area contributed by atoms with E-state index in [0.29, 0.717) is 50.7 Å². The van der Waals surface area contributed by atoms with Crippen LogP contribution >= 0.6 is 0 Å². The topological polar surface area (TPSA) is 259 Å². The number of benzene rings is 2. The van der Waals surface area contributed by atoms with E-state index in [-0.39, 0.29) is 38.1 Å². The lowest BCUT2D eigenvalue weighted by molar-refractivity contribution is -0.137. The van der Waals surface area contributed by atoms with Crippen molar-refractivity contribution in [1.29, 1.82) is 0 Å². The standard InChI is InChI=1S/C27H32N8O3.C26H31F3N6O3/c28-24(37)16-32-13-9-27(38,23(36)15-32)17-33-12-8-22-25(33)29-18-30-26(22)34(20-6-7-20)14-19-2-4-21(5-3-19)35-11-1-10-31-35;27-26(28,29)18-3-1-16(2-4-18)11-35(19-5-6-19)25-20-8-10-34(24(20)31-15-32-25)12-17-7-9-33(13-22(17)37)21(14-36)23(30)38/h1-5,8,10-12,18,20,23,36,38H,6-7,9,13-17H2,(H2,28,37);1-4,8,10,15,17,19,21-22,36-37H,5-7,9,11-14H2,(H2,30,38)/t23-,27-;17-,21?,22+/m11/s1. The zero-order chi connectivity index (χ0) is 53.3. The third-order valence-electron chi connectivity index (χ3n) is 15.1. The summed E-state index contributed by atoms with van der Waals surface area (Å²) < 4.78 is 44.6. The maximum absolute atomic E-state index is 13.0. The zero-order valence-corrected chi connectivity index (χ0v) is 41.9. The Morgan fingerprint density at radius 2 is 1.36 bits per heavy atom. The van der Waals surface area contributed by atoms with Gasteiger partial charge >= 0.3 is 6.18 Å². The number of nitrogens with two attached hydrogens (primary N) is 2. The van der Waals surface area contributed by atoms with Gasteiger partial charge in [0.25, 0.3) is 0 Å². The minimum atomic E-state index is -4.37. The Bertz CT molecular complexity index is 3110. The Morgan fingerprint density at radius 1 is 0.763 bits per heavy atom. The number of aliphatic hydroxyl groups is 4. The van der Waals surface area contributed by atoms with Crippen molar-refractivity contribution in [2.75, 3.05) is 49.1 Å². The van der Waals surface area contributed by atoms with Crippen LogP contribution in [0.25, 0.3) is 27.8 Å². The Morgan fingerprint density at radius 3 is 1.87 bits per heavy atom. The average Bonchev–Trinajstić information content (AvgIpc) is 4.28. The van der Waals surface area contributed by atoms with E-state index in [1.54, 1.807) is 22.3 Å². The molecule has 20 nitrogen and oxygen atoms in total. The number of aromatic nitrogens is 8. The van der Waals surface area contributed by atoms with E-state index in [9.17, 15) is 43.2 Å². The molecule has 8 N–H and O–H groups in total. The molecule has 402 valence electrons. The number of rotatable bonds is 18. The van der Waals surface area contributed by atoms with Crippen molar-refractivity contribution in [2.45, 2.75) is 107 Å². The van der Waals surface area contributed by atoms with E-state index in [1.807, 2.05) is 50.6 Å². The smallest absolute Gasteiger partial charge is 0.394 e. The van der Waals surface area contributed by atoms with Crippen LogP contribution in [0.3, 0.4) is 0 Å². The van der Waals surface area contributed by atoms with E-state index in [1.165, 1.54) is 24.0 Å². The first-order valence-electron chi connectivity index (χ1n) is 25.7. The van der Waals surface area contributed by atoms with Gasteiger partial charge in [-0.25, -0.2) is 24.6 Å². The highest BCUT2D eigenvalue weighted by molar-refractivity contribution is 5.89. The second-order valence-corrected chi connectivity index (χ2v) is 20.6. The molecular formula is C53H63F3N14O6. The molecule has 11 rings (SSSR count). The molecule has 23 heteroatoms. The first kappa shape index (κ1) is 52.4. The average molecular weight is 1050 g/mol. The van der Waals surface area contributed by atoms with Gasteiger partial charge in [-0.05, 0) is 98.7 Å². The van der Waals surface area contributed by atoms with Crippen molar-refractivity contribution in [2.24, 2.45) is 17.4 Å². The van der Waals surface area contributed by atoms with Crippen LogP contribution in [0, 0.1) is 5.92 Å². The number of carbonyl (C=O) groups is 2. The Balaban J connectivity index is 0.000000173. The van der Waals surface area contributed by atoms with Gasteiger partial charge in [-0.1, -0.05) is 24.3 Å². The van der Waals surface area contributed by atoms with Gasteiger partial charge in [0.15, 0.2) is 0 Å². The first-order valence-corrected chi connectivity index (χ1v) is 25.7. The van der Waals surface area contributed by atoms with Crippen LogP contribution in [0.2, 0.25) is 0 Å². The molecule has 7 heterocycles. The Labute approximate surface area is 436 Å². The number of carbonyl (C=O) groups excluding carboxylic acids is 2. The lowest BCUT2D eigenvalue weighted by atomic mass is 9.88. The summed E-state index contributed by atoms with van der Waals surface area (Å²) in [5.74, 6) is 0.460. The SMILES string of the molecule is NC(=O)C(CO)N1CC[C@H](Cn2ccc3c(N(Cc4ccc(C(F)(F)F)cc4)C4CC4)ncnc32)[C@@H](O)C1.NC(=O)CN1CC[C@@](O)(Cn2ccc3c(N(Cc4ccc(-n5cccn5)cc4)C4CC4)ncnc32)[C@H](O)C1. The molecule has 2 saturated carbocycles. The molecule has 2 aliphatic heterocycles. The highest BCUT2D eigenvalue weighted by Crippen LogP contribution is 2.39. The van der Waals surface area contributed by atoms with Crippen molar-refractivity contribution in [1.82, 2.24) is 48.7 Å². The van der Waals surface area contributed by atoms with Crippen LogP contribution in [-0.4, -0.2) is 156 Å². The van der Waals surface area contributed by atoms with Gasteiger partial charge in [0, 0.05) is 82.1 Å². The normalized spacial score (nSPS) is 21.8. The van der Waals surface area contributed by atoms with E-state index < -0.39 is 54.0 Å². The van der Waals surface area contributed by atoms with Crippen LogP contribution in [0.1, 0.15) is 55.2 Å². The summed E-state index contributed by atoms with van der Waals surface area (Å²) in [6.45, 7) is 2.96. The second-order valence-electron chi connectivity index (χ2n) is 20.6. The minimum Gasteiger partial charge on any atom is -0.394 e. The Hall–Kier alpha value is -7.02. The van der Waals surface area contributed by atoms with Crippen LogP contribution in [0.5, 0.6) is 0 Å². The molecular weight excluding hydrogens is 986 g/mol. The summed E-state index contributed by atoms with van der Waals surface area (Å²) in [6.07, 6.45) is 9.60. The van der Waals surface area contributed by atoms with E-state index in [0.717, 1.165) is 83.7 Å². The number of halogens is 3. The number of amides is 2. The quantitative estimate of drug-likeness (QED) is 0.0722. The molecule has 0 spiro atoms. The molecule has 0 radical (unpaired) electrons. The monoisotopic (exact) mass is 1050 g/mol. The number of fused-ring (bicyclic) bond motifs is 2. The number of β-amino-alcohol motifs (C(OH)–C–C–N with tert-alkyl or cyclic N) is 2. The molecule has 5 aromatic heterocycles. The van der Waals surface area contributed by atoms with Gasteiger partial charge in [0.2, 0.25) is 11.8 Å². The number of hydrogen-bond donors (Lipinski definition) is 6. The number of piperidine rings is 2. The van der Waals surface area contributed by atoms with Gasteiger partial charge in [-0.3, -0.25) is 19.4 Å². The van der Waals surface area contributed by atoms with Crippen LogP contribution in [0.4, 0.5) is 24.8 Å². The highest BCUT2D eigenvalue weighted by Gasteiger charge is 2.42. The molecule has 2 aromatic carbocycles. The van der Waals surface area contributed by atoms with Crippen molar-refractivity contribution in [3.63, 3.8) is 0 Å². The molecule has 7 aromatic rings. The molecule has 1 unspecified atom stereocenters. The van der Waals surface area contributed by atoms with E-state index in [2.05, 4.69) is 59.1 Å². The van der Waals surface area contributed by atoms with Crippen molar-refractivity contribution < 1.29 is 43.2 Å². The van der Waals surface area contributed by atoms with Gasteiger partial charge in [0.1, 0.15) is 47.2 Å². The Kier molecular flexibility index (Phi) is 15.1. The molecule has 4 fully saturated rings. The molecule has 2 amide bonds. The molecule has 2 saturated heterocycles. The van der Waals surface area contributed by atoms with Crippen LogP contribution in [0.15, 0.2) is 104 Å². The summed E-state index contributed by atoms with van der Waals surface area (Å²) >= 11 is 0. The van der Waals surface area contributed by atoms with Gasteiger partial charge in [0.05, 0.1) is 53.9 Å². The highest BCUT2D eigenvalue weighted by atomic mass is 19.4. The maximum atomic E-state index is 13.0. The molecule has 5 atom stereocenters. The van der Waals surface area contributed by atoms with Gasteiger partial charge in [-0.2, -0.15) is 18.3 Å².